The molecular weight excluding hydrogens is 618 g/mol. The molecule has 0 fully saturated rings. The number of nitrogens with zero attached hydrogens (tertiary/aromatic N) is 2. The predicted molar refractivity (Wildman–Crippen MR) is 185 cm³/mol. The van der Waals surface area contributed by atoms with Gasteiger partial charge in [0.1, 0.15) is 12.6 Å². The quantitative estimate of drug-likeness (QED) is 0.174. The first kappa shape index (κ1) is 34.7. The van der Waals surface area contributed by atoms with Crippen LogP contribution in [0, 0.1) is 0 Å². The van der Waals surface area contributed by atoms with E-state index in [1.54, 1.807) is 54.6 Å². The molecule has 7 nitrogen and oxygen atoms in total. The number of carbonyl (C=O) groups excluding carboxylic acids is 2. The van der Waals surface area contributed by atoms with Crippen molar-refractivity contribution in [1.29, 1.82) is 0 Å². The third kappa shape index (κ3) is 9.21. The van der Waals surface area contributed by atoms with Crippen molar-refractivity contribution in [3.63, 3.8) is 0 Å². The van der Waals surface area contributed by atoms with Gasteiger partial charge in [0.05, 0.1) is 10.6 Å². The van der Waals surface area contributed by atoms with Gasteiger partial charge in [0.25, 0.3) is 10.0 Å². The monoisotopic (exact) mass is 659 g/mol. The average Bonchev–Trinajstić information content (AvgIpc) is 3.02. The van der Waals surface area contributed by atoms with E-state index in [-0.39, 0.29) is 29.7 Å². The van der Waals surface area contributed by atoms with Crippen molar-refractivity contribution >= 4 is 39.1 Å². The first-order valence-electron chi connectivity index (χ1n) is 15.3. The van der Waals surface area contributed by atoms with E-state index in [9.17, 15) is 18.0 Å². The zero-order valence-electron chi connectivity index (χ0n) is 27.0. The fraction of sp³-hybridized carbons (Fsp3) is 0.297. The number of amides is 2. The maximum atomic E-state index is 14.6. The van der Waals surface area contributed by atoms with Crippen LogP contribution >= 0.6 is 11.6 Å². The molecule has 0 aliphatic carbocycles. The summed E-state index contributed by atoms with van der Waals surface area (Å²) in [6.45, 7) is 9.30. The second-order valence-electron chi connectivity index (χ2n) is 12.7. The Morgan fingerprint density at radius 2 is 1.35 bits per heavy atom. The smallest absolute Gasteiger partial charge is 0.264 e. The summed E-state index contributed by atoms with van der Waals surface area (Å²) < 4.78 is 29.4. The standard InChI is InChI=1S/C37H42ClN3O4S/c1-27(2)30-18-22-32(23-19-30)41(46(44,45)33-14-10-7-11-15-33)26-35(42)40(25-29-16-20-31(38)21-17-29)34(36(43)39-37(3,4)5)24-28-12-8-6-9-13-28/h6-23,27,34H,24-26H2,1-5H3,(H,39,43)/t34-/m1/s1. The predicted octanol–water partition coefficient (Wildman–Crippen LogP) is 7.21. The molecule has 0 aliphatic heterocycles. The van der Waals surface area contributed by atoms with Crippen LogP contribution < -0.4 is 9.62 Å². The molecule has 242 valence electrons. The second-order valence-corrected chi connectivity index (χ2v) is 15.0. The van der Waals surface area contributed by atoms with E-state index in [4.69, 9.17) is 11.6 Å². The summed E-state index contributed by atoms with van der Waals surface area (Å²) in [5, 5.41) is 3.58. The maximum Gasteiger partial charge on any atom is 0.264 e. The highest BCUT2D eigenvalue weighted by Crippen LogP contribution is 2.27. The van der Waals surface area contributed by atoms with Crippen LogP contribution in [0.4, 0.5) is 5.69 Å². The van der Waals surface area contributed by atoms with Gasteiger partial charge >= 0.3 is 0 Å². The summed E-state index contributed by atoms with van der Waals surface area (Å²) in [5.74, 6) is -0.616. The molecule has 0 unspecified atom stereocenters. The number of hydrogen-bond donors (Lipinski definition) is 1. The first-order valence-corrected chi connectivity index (χ1v) is 17.1. The Balaban J connectivity index is 1.81. The summed E-state index contributed by atoms with van der Waals surface area (Å²) in [7, 11) is -4.16. The van der Waals surface area contributed by atoms with Crippen LogP contribution in [0.3, 0.4) is 0 Å². The van der Waals surface area contributed by atoms with Crippen LogP contribution in [0.15, 0.2) is 114 Å². The molecule has 0 saturated heterocycles. The molecule has 0 saturated carbocycles. The second kappa shape index (κ2) is 15.0. The van der Waals surface area contributed by atoms with Gasteiger partial charge in [-0.2, -0.15) is 0 Å². The maximum absolute atomic E-state index is 14.6. The fourth-order valence-corrected chi connectivity index (χ4v) is 6.63. The van der Waals surface area contributed by atoms with E-state index in [2.05, 4.69) is 19.2 Å². The molecule has 1 N–H and O–H groups in total. The minimum Gasteiger partial charge on any atom is -0.350 e. The molecule has 4 aromatic rings. The van der Waals surface area contributed by atoms with Crippen molar-refractivity contribution in [3.8, 4) is 0 Å². The van der Waals surface area contributed by atoms with Crippen LogP contribution in [0.1, 0.15) is 57.2 Å². The van der Waals surface area contributed by atoms with E-state index in [0.29, 0.717) is 10.7 Å². The van der Waals surface area contributed by atoms with Crippen LogP contribution in [0.5, 0.6) is 0 Å². The molecular formula is C37H42ClN3O4S. The lowest BCUT2D eigenvalue weighted by Crippen LogP contribution is -2.56. The molecule has 4 rings (SSSR count). The number of carbonyl (C=O) groups is 2. The van der Waals surface area contributed by atoms with E-state index in [1.807, 2.05) is 63.2 Å². The number of halogens is 1. The summed E-state index contributed by atoms with van der Waals surface area (Å²) >= 11 is 6.16. The number of benzene rings is 4. The van der Waals surface area contributed by atoms with Gasteiger partial charge in [-0.15, -0.1) is 0 Å². The lowest BCUT2D eigenvalue weighted by molar-refractivity contribution is -0.140. The highest BCUT2D eigenvalue weighted by atomic mass is 35.5. The van der Waals surface area contributed by atoms with Gasteiger partial charge < -0.3 is 10.2 Å². The molecule has 0 aromatic heterocycles. The number of rotatable bonds is 12. The topological polar surface area (TPSA) is 86.8 Å². The lowest BCUT2D eigenvalue weighted by Gasteiger charge is -2.35. The molecule has 0 aliphatic rings. The zero-order chi connectivity index (χ0) is 33.5. The summed E-state index contributed by atoms with van der Waals surface area (Å²) in [6.07, 6.45) is 0.233. The number of sulfonamides is 1. The normalized spacial score (nSPS) is 12.4. The molecule has 0 spiro atoms. The third-order valence-corrected chi connectivity index (χ3v) is 9.53. The number of hydrogen-bond acceptors (Lipinski definition) is 4. The number of nitrogens with one attached hydrogen (secondary N) is 1. The van der Waals surface area contributed by atoms with Gasteiger partial charge in [0, 0.05) is 23.5 Å². The van der Waals surface area contributed by atoms with Crippen molar-refractivity contribution in [1.82, 2.24) is 10.2 Å². The zero-order valence-corrected chi connectivity index (χ0v) is 28.6. The third-order valence-electron chi connectivity index (χ3n) is 7.49. The molecule has 0 bridgehead atoms. The van der Waals surface area contributed by atoms with Crippen LogP contribution in [-0.4, -0.2) is 43.3 Å². The van der Waals surface area contributed by atoms with Crippen molar-refractivity contribution in [2.45, 2.75) is 70.0 Å². The van der Waals surface area contributed by atoms with Crippen molar-refractivity contribution in [2.24, 2.45) is 0 Å². The molecule has 9 heteroatoms. The van der Waals surface area contributed by atoms with Crippen molar-refractivity contribution in [2.75, 3.05) is 10.8 Å². The summed E-state index contributed by atoms with van der Waals surface area (Å²) in [4.78, 5) is 30.1. The van der Waals surface area contributed by atoms with E-state index >= 15 is 0 Å². The Morgan fingerprint density at radius 3 is 1.89 bits per heavy atom. The molecule has 0 radical (unpaired) electrons. The van der Waals surface area contributed by atoms with Crippen LogP contribution in [0.2, 0.25) is 5.02 Å². The molecule has 1 atom stereocenters. The van der Waals surface area contributed by atoms with Crippen molar-refractivity contribution in [3.05, 3.63) is 131 Å². The van der Waals surface area contributed by atoms with Gasteiger partial charge in [0.15, 0.2) is 0 Å². The lowest BCUT2D eigenvalue weighted by atomic mass is 10.0. The molecule has 0 heterocycles. The fourth-order valence-electron chi connectivity index (χ4n) is 5.07. The van der Waals surface area contributed by atoms with Gasteiger partial charge in [0.2, 0.25) is 11.8 Å². The minimum atomic E-state index is -4.16. The van der Waals surface area contributed by atoms with E-state index < -0.39 is 34.1 Å². The Bertz CT molecular complexity index is 1700. The molecule has 2 amide bonds. The van der Waals surface area contributed by atoms with Gasteiger partial charge in [-0.25, -0.2) is 8.42 Å². The van der Waals surface area contributed by atoms with Gasteiger partial charge in [-0.3, -0.25) is 13.9 Å². The van der Waals surface area contributed by atoms with Crippen molar-refractivity contribution < 1.29 is 18.0 Å². The first-order chi connectivity index (χ1) is 21.7. The SMILES string of the molecule is CC(C)c1ccc(N(CC(=O)N(Cc2ccc(Cl)cc2)[C@H](Cc2ccccc2)C(=O)NC(C)(C)C)S(=O)(=O)c2ccccc2)cc1. The average molecular weight is 660 g/mol. The molecule has 46 heavy (non-hydrogen) atoms. The van der Waals surface area contributed by atoms with Crippen LogP contribution in [0.25, 0.3) is 0 Å². The van der Waals surface area contributed by atoms with Crippen LogP contribution in [-0.2, 0) is 32.6 Å². The number of anilines is 1. The van der Waals surface area contributed by atoms with E-state index in [1.165, 1.54) is 17.0 Å². The highest BCUT2D eigenvalue weighted by molar-refractivity contribution is 7.92. The minimum absolute atomic E-state index is 0.0614. The largest absolute Gasteiger partial charge is 0.350 e. The Kier molecular flexibility index (Phi) is 11.3. The Labute approximate surface area is 278 Å². The Morgan fingerprint density at radius 1 is 0.783 bits per heavy atom. The summed E-state index contributed by atoms with van der Waals surface area (Å²) in [6, 6.07) is 30.8. The summed E-state index contributed by atoms with van der Waals surface area (Å²) in [5.41, 5.74) is 2.44. The molecule has 4 aromatic carbocycles. The van der Waals surface area contributed by atoms with E-state index in [0.717, 1.165) is 21.0 Å². The van der Waals surface area contributed by atoms with Gasteiger partial charge in [-0.1, -0.05) is 98.2 Å². The Hall–Kier alpha value is -4.14. The highest BCUT2D eigenvalue weighted by Gasteiger charge is 2.35. The van der Waals surface area contributed by atoms with Gasteiger partial charge in [-0.05, 0) is 79.8 Å².